The van der Waals surface area contributed by atoms with Gasteiger partial charge < -0.3 is 10.5 Å². The van der Waals surface area contributed by atoms with Gasteiger partial charge in [0.05, 0.1) is 6.61 Å². The summed E-state index contributed by atoms with van der Waals surface area (Å²) in [5.41, 5.74) is 7.64. The van der Waals surface area contributed by atoms with Crippen LogP contribution in [0.25, 0.3) is 0 Å². The molecule has 3 heteroatoms. The third-order valence-corrected chi connectivity index (χ3v) is 2.76. The number of halogens is 1. The molecule has 0 saturated heterocycles. The molecule has 1 saturated carbocycles. The van der Waals surface area contributed by atoms with E-state index >= 15 is 0 Å². The third kappa shape index (κ3) is 3.00. The zero-order valence-electron chi connectivity index (χ0n) is 8.00. The predicted octanol–water partition coefficient (Wildman–Crippen LogP) is 2.96. The molecule has 0 aromatic heterocycles. The van der Waals surface area contributed by atoms with E-state index in [1.807, 2.05) is 18.2 Å². The van der Waals surface area contributed by atoms with Crippen LogP contribution in [0, 0.1) is 5.92 Å². The van der Waals surface area contributed by atoms with Crippen LogP contribution in [0.15, 0.2) is 22.7 Å². The van der Waals surface area contributed by atoms with Gasteiger partial charge in [-0.05, 0) is 42.5 Å². The van der Waals surface area contributed by atoms with Crippen molar-refractivity contribution in [2.24, 2.45) is 5.92 Å². The summed E-state index contributed by atoms with van der Waals surface area (Å²) in [6.07, 6.45) is 2.67. The van der Waals surface area contributed by atoms with Crippen molar-refractivity contribution in [1.29, 1.82) is 0 Å². The first-order valence-corrected chi connectivity index (χ1v) is 5.66. The molecule has 1 aliphatic carbocycles. The molecular weight excluding hydrogens is 242 g/mol. The lowest BCUT2D eigenvalue weighted by atomic mass is 10.2. The number of rotatable bonds is 4. The maximum absolute atomic E-state index is 5.72. The first-order chi connectivity index (χ1) is 6.74. The molecule has 0 aliphatic heterocycles. The van der Waals surface area contributed by atoms with Crippen LogP contribution in [-0.2, 0) is 11.3 Å². The zero-order valence-corrected chi connectivity index (χ0v) is 9.59. The average Bonchev–Trinajstić information content (AvgIpc) is 2.86. The molecule has 1 aliphatic rings. The van der Waals surface area contributed by atoms with Crippen molar-refractivity contribution in [3.8, 4) is 0 Å². The van der Waals surface area contributed by atoms with E-state index in [2.05, 4.69) is 15.9 Å². The van der Waals surface area contributed by atoms with Crippen molar-refractivity contribution < 1.29 is 4.74 Å². The Morgan fingerprint density at radius 1 is 1.36 bits per heavy atom. The van der Waals surface area contributed by atoms with E-state index in [-0.39, 0.29) is 0 Å². The van der Waals surface area contributed by atoms with Gasteiger partial charge in [-0.15, -0.1) is 0 Å². The number of nitrogen functional groups attached to an aromatic ring is 1. The molecule has 1 aromatic rings. The lowest BCUT2D eigenvalue weighted by Crippen LogP contribution is -1.97. The van der Waals surface area contributed by atoms with E-state index in [0.29, 0.717) is 6.61 Å². The van der Waals surface area contributed by atoms with Crippen molar-refractivity contribution in [3.63, 3.8) is 0 Å². The average molecular weight is 256 g/mol. The van der Waals surface area contributed by atoms with Gasteiger partial charge in [0.2, 0.25) is 0 Å². The Balaban J connectivity index is 1.87. The summed E-state index contributed by atoms with van der Waals surface area (Å²) < 4.78 is 6.59. The van der Waals surface area contributed by atoms with E-state index in [1.165, 1.54) is 12.8 Å². The topological polar surface area (TPSA) is 35.2 Å². The first kappa shape index (κ1) is 9.99. The SMILES string of the molecule is Nc1cc(Br)cc(COCC2CC2)c1. The highest BCUT2D eigenvalue weighted by Crippen LogP contribution is 2.29. The molecule has 0 unspecified atom stereocenters. The van der Waals surface area contributed by atoms with Crippen LogP contribution < -0.4 is 5.73 Å². The van der Waals surface area contributed by atoms with E-state index in [9.17, 15) is 0 Å². The number of hydrogen-bond donors (Lipinski definition) is 1. The third-order valence-electron chi connectivity index (χ3n) is 2.30. The molecule has 0 spiro atoms. The van der Waals surface area contributed by atoms with Gasteiger partial charge in [-0.2, -0.15) is 0 Å². The van der Waals surface area contributed by atoms with Crippen molar-refractivity contribution >= 4 is 21.6 Å². The van der Waals surface area contributed by atoms with Gasteiger partial charge in [0.1, 0.15) is 0 Å². The van der Waals surface area contributed by atoms with Gasteiger partial charge in [0.25, 0.3) is 0 Å². The number of anilines is 1. The van der Waals surface area contributed by atoms with E-state index in [4.69, 9.17) is 10.5 Å². The Labute approximate surface area is 92.6 Å². The summed E-state index contributed by atoms with van der Waals surface area (Å²) in [4.78, 5) is 0. The lowest BCUT2D eigenvalue weighted by Gasteiger charge is -2.05. The summed E-state index contributed by atoms with van der Waals surface area (Å²) in [5.74, 6) is 0.819. The summed E-state index contributed by atoms with van der Waals surface area (Å²) in [5, 5.41) is 0. The molecular formula is C11H14BrNO. The number of nitrogens with two attached hydrogens (primary N) is 1. The van der Waals surface area contributed by atoms with Crippen LogP contribution in [0.2, 0.25) is 0 Å². The predicted molar refractivity (Wildman–Crippen MR) is 60.9 cm³/mol. The zero-order chi connectivity index (χ0) is 9.97. The second kappa shape index (κ2) is 4.32. The monoisotopic (exact) mass is 255 g/mol. The van der Waals surface area contributed by atoms with E-state index in [0.717, 1.165) is 28.2 Å². The molecule has 0 heterocycles. The Bertz CT molecular complexity index is 303. The summed E-state index contributed by atoms with van der Waals surface area (Å²) in [6, 6.07) is 5.89. The number of benzene rings is 1. The molecule has 1 aromatic carbocycles. The quantitative estimate of drug-likeness (QED) is 0.840. The Hall–Kier alpha value is -0.540. The van der Waals surface area contributed by atoms with E-state index < -0.39 is 0 Å². The smallest absolute Gasteiger partial charge is 0.0718 e. The van der Waals surface area contributed by atoms with Crippen LogP contribution in [-0.4, -0.2) is 6.61 Å². The largest absolute Gasteiger partial charge is 0.399 e. The summed E-state index contributed by atoms with van der Waals surface area (Å²) in [6.45, 7) is 1.56. The van der Waals surface area contributed by atoms with Gasteiger partial charge >= 0.3 is 0 Å². The molecule has 2 nitrogen and oxygen atoms in total. The van der Waals surface area contributed by atoms with Gasteiger partial charge in [0.15, 0.2) is 0 Å². The molecule has 0 amide bonds. The Morgan fingerprint density at radius 3 is 2.79 bits per heavy atom. The minimum atomic E-state index is 0.667. The molecule has 1 fully saturated rings. The fraction of sp³-hybridized carbons (Fsp3) is 0.455. The molecule has 0 atom stereocenters. The van der Waals surface area contributed by atoms with Gasteiger partial charge in [-0.1, -0.05) is 15.9 Å². The number of ether oxygens (including phenoxy) is 1. The maximum atomic E-state index is 5.72. The number of hydrogen-bond acceptors (Lipinski definition) is 2. The Morgan fingerprint density at radius 2 is 2.14 bits per heavy atom. The van der Waals surface area contributed by atoms with Gasteiger partial charge in [-0.3, -0.25) is 0 Å². The Kier molecular flexibility index (Phi) is 3.08. The van der Waals surface area contributed by atoms with Gasteiger partial charge in [0, 0.05) is 16.8 Å². The van der Waals surface area contributed by atoms with Crippen LogP contribution in [0.3, 0.4) is 0 Å². The maximum Gasteiger partial charge on any atom is 0.0718 e. The van der Waals surface area contributed by atoms with Crippen LogP contribution >= 0.6 is 15.9 Å². The van der Waals surface area contributed by atoms with Crippen molar-refractivity contribution in [2.75, 3.05) is 12.3 Å². The second-order valence-corrected chi connectivity index (χ2v) is 4.77. The minimum absolute atomic E-state index is 0.667. The molecule has 0 bridgehead atoms. The first-order valence-electron chi connectivity index (χ1n) is 4.87. The molecule has 2 N–H and O–H groups in total. The minimum Gasteiger partial charge on any atom is -0.399 e. The molecule has 14 heavy (non-hydrogen) atoms. The van der Waals surface area contributed by atoms with Crippen LogP contribution in [0.1, 0.15) is 18.4 Å². The fourth-order valence-corrected chi connectivity index (χ4v) is 1.95. The molecule has 2 rings (SSSR count). The van der Waals surface area contributed by atoms with Gasteiger partial charge in [-0.25, -0.2) is 0 Å². The van der Waals surface area contributed by atoms with Crippen LogP contribution in [0.4, 0.5) is 5.69 Å². The second-order valence-electron chi connectivity index (χ2n) is 3.85. The molecule has 76 valence electrons. The normalized spacial score (nSPS) is 15.8. The standard InChI is InChI=1S/C11H14BrNO/c12-10-3-9(4-11(13)5-10)7-14-6-8-1-2-8/h3-5,8H,1-2,6-7,13H2. The summed E-state index contributed by atoms with van der Waals surface area (Å²) in [7, 11) is 0. The van der Waals surface area contributed by atoms with Crippen molar-refractivity contribution in [2.45, 2.75) is 19.4 Å². The lowest BCUT2D eigenvalue weighted by molar-refractivity contribution is 0.111. The summed E-state index contributed by atoms with van der Waals surface area (Å²) >= 11 is 3.41. The van der Waals surface area contributed by atoms with Crippen molar-refractivity contribution in [1.82, 2.24) is 0 Å². The highest BCUT2D eigenvalue weighted by Gasteiger charge is 2.20. The van der Waals surface area contributed by atoms with E-state index in [1.54, 1.807) is 0 Å². The molecule has 0 radical (unpaired) electrons. The van der Waals surface area contributed by atoms with Crippen LogP contribution in [0.5, 0.6) is 0 Å². The highest BCUT2D eigenvalue weighted by molar-refractivity contribution is 9.10. The fourth-order valence-electron chi connectivity index (χ4n) is 1.39. The van der Waals surface area contributed by atoms with Crippen molar-refractivity contribution in [3.05, 3.63) is 28.2 Å². The highest BCUT2D eigenvalue weighted by atomic mass is 79.9.